The van der Waals surface area contributed by atoms with Gasteiger partial charge >= 0.3 is 0 Å². The van der Waals surface area contributed by atoms with Crippen molar-refractivity contribution >= 4 is 23.4 Å². The van der Waals surface area contributed by atoms with E-state index in [9.17, 15) is 0 Å². The number of halogens is 1. The zero-order valence-electron chi connectivity index (χ0n) is 7.74. The van der Waals surface area contributed by atoms with Gasteiger partial charge in [0.25, 0.3) is 0 Å². The molecule has 0 amide bonds. The van der Waals surface area contributed by atoms with Gasteiger partial charge in [0.05, 0.1) is 0 Å². The number of hydrogen-bond acceptors (Lipinski definition) is 4. The maximum atomic E-state index is 5.65. The largest absolute Gasteiger partial charge is 0.316 e. The molecule has 0 radical (unpaired) electrons. The van der Waals surface area contributed by atoms with E-state index in [0.29, 0.717) is 5.15 Å². The van der Waals surface area contributed by atoms with Gasteiger partial charge in [0.1, 0.15) is 5.03 Å². The van der Waals surface area contributed by atoms with E-state index >= 15 is 0 Å². The third kappa shape index (κ3) is 2.83. The first-order valence-electron chi connectivity index (χ1n) is 4.67. The molecule has 1 aliphatic rings. The fourth-order valence-electron chi connectivity index (χ4n) is 1.44. The highest BCUT2D eigenvalue weighted by molar-refractivity contribution is 7.99. The first kappa shape index (κ1) is 10.2. The highest BCUT2D eigenvalue weighted by Crippen LogP contribution is 2.21. The zero-order valence-corrected chi connectivity index (χ0v) is 9.31. The van der Waals surface area contributed by atoms with Crippen LogP contribution in [0.2, 0.25) is 5.15 Å². The van der Waals surface area contributed by atoms with Gasteiger partial charge in [-0.3, -0.25) is 0 Å². The third-order valence-corrected chi connectivity index (χ3v) is 3.59. The normalized spacial score (nSPS) is 21.4. The lowest BCUT2D eigenvalue weighted by Crippen LogP contribution is -2.10. The van der Waals surface area contributed by atoms with Crippen LogP contribution in [0.25, 0.3) is 0 Å². The van der Waals surface area contributed by atoms with Crippen molar-refractivity contribution in [1.29, 1.82) is 0 Å². The van der Waals surface area contributed by atoms with E-state index in [-0.39, 0.29) is 0 Å². The first-order valence-corrected chi connectivity index (χ1v) is 6.04. The predicted octanol–water partition coefficient (Wildman–Crippen LogP) is 1.83. The summed E-state index contributed by atoms with van der Waals surface area (Å²) in [5.74, 6) is 1.89. The van der Waals surface area contributed by atoms with Crippen LogP contribution >= 0.6 is 23.4 Å². The van der Waals surface area contributed by atoms with Crippen LogP contribution in [0.15, 0.2) is 17.2 Å². The Kier molecular flexibility index (Phi) is 3.61. The number of aromatic nitrogens is 2. The van der Waals surface area contributed by atoms with Crippen LogP contribution in [0.1, 0.15) is 6.42 Å². The minimum atomic E-state index is 0.455. The molecule has 5 heteroatoms. The first-order chi connectivity index (χ1) is 6.84. The summed E-state index contributed by atoms with van der Waals surface area (Å²) in [6.07, 6.45) is 1.27. The van der Waals surface area contributed by atoms with Gasteiger partial charge in [0.2, 0.25) is 0 Å². The maximum Gasteiger partial charge on any atom is 0.151 e. The molecule has 1 N–H and O–H groups in total. The average Bonchev–Trinajstić information content (AvgIpc) is 2.70. The molecule has 76 valence electrons. The molecule has 0 spiro atoms. The van der Waals surface area contributed by atoms with Crippen molar-refractivity contribution < 1.29 is 0 Å². The number of hydrogen-bond donors (Lipinski definition) is 1. The van der Waals surface area contributed by atoms with Crippen molar-refractivity contribution in [2.24, 2.45) is 5.92 Å². The van der Waals surface area contributed by atoms with Crippen molar-refractivity contribution in [1.82, 2.24) is 15.5 Å². The summed E-state index contributed by atoms with van der Waals surface area (Å²) in [7, 11) is 0. The minimum Gasteiger partial charge on any atom is -0.316 e. The fourth-order valence-corrected chi connectivity index (χ4v) is 2.50. The van der Waals surface area contributed by atoms with Gasteiger partial charge in [-0.15, -0.1) is 22.0 Å². The Morgan fingerprint density at radius 3 is 3.07 bits per heavy atom. The topological polar surface area (TPSA) is 37.8 Å². The molecule has 14 heavy (non-hydrogen) atoms. The molecule has 1 aromatic heterocycles. The summed E-state index contributed by atoms with van der Waals surface area (Å²) in [5, 5.41) is 12.6. The van der Waals surface area contributed by atoms with Gasteiger partial charge < -0.3 is 5.32 Å². The smallest absolute Gasteiger partial charge is 0.151 e. The molecule has 0 unspecified atom stereocenters. The lowest BCUT2D eigenvalue weighted by molar-refractivity contribution is 0.662. The van der Waals surface area contributed by atoms with Crippen LogP contribution in [-0.2, 0) is 0 Å². The summed E-state index contributed by atoms with van der Waals surface area (Å²) in [6.45, 7) is 2.28. The third-order valence-electron chi connectivity index (χ3n) is 2.24. The molecular weight excluding hydrogens is 218 g/mol. The van der Waals surface area contributed by atoms with Crippen LogP contribution in [0.5, 0.6) is 0 Å². The molecule has 1 aromatic rings. The van der Waals surface area contributed by atoms with Gasteiger partial charge in [-0.2, -0.15) is 0 Å². The molecule has 2 heterocycles. The molecular formula is C9H12ClN3S. The van der Waals surface area contributed by atoms with Crippen molar-refractivity contribution in [2.45, 2.75) is 11.4 Å². The second-order valence-electron chi connectivity index (χ2n) is 3.36. The van der Waals surface area contributed by atoms with Gasteiger partial charge in [-0.25, -0.2) is 0 Å². The Morgan fingerprint density at radius 2 is 2.43 bits per heavy atom. The van der Waals surface area contributed by atoms with Crippen molar-refractivity contribution in [3.63, 3.8) is 0 Å². The van der Waals surface area contributed by atoms with E-state index in [4.69, 9.17) is 11.6 Å². The zero-order chi connectivity index (χ0) is 9.80. The van der Waals surface area contributed by atoms with Crippen LogP contribution in [0.4, 0.5) is 0 Å². The molecule has 3 nitrogen and oxygen atoms in total. The molecule has 0 bridgehead atoms. The lowest BCUT2D eigenvalue weighted by Gasteiger charge is -2.05. The Balaban J connectivity index is 1.82. The van der Waals surface area contributed by atoms with Gasteiger partial charge in [0, 0.05) is 5.75 Å². The predicted molar refractivity (Wildman–Crippen MR) is 58.7 cm³/mol. The number of rotatable bonds is 3. The number of nitrogens with one attached hydrogen (secondary N) is 1. The standard InChI is InChI=1S/C9H12ClN3S/c10-8-1-2-9(13-12-8)14-6-7-3-4-11-5-7/h1-2,7,11H,3-6H2/t7-/m0/s1. The van der Waals surface area contributed by atoms with E-state index in [0.717, 1.165) is 29.8 Å². The van der Waals surface area contributed by atoms with Crippen molar-refractivity contribution in [3.05, 3.63) is 17.3 Å². The maximum absolute atomic E-state index is 5.65. The van der Waals surface area contributed by atoms with Crippen LogP contribution < -0.4 is 5.32 Å². The molecule has 1 saturated heterocycles. The van der Waals surface area contributed by atoms with E-state index in [1.165, 1.54) is 6.42 Å². The SMILES string of the molecule is Clc1ccc(SC[C@H]2CCNC2)nn1. The van der Waals surface area contributed by atoms with Crippen molar-refractivity contribution in [2.75, 3.05) is 18.8 Å². The molecule has 1 atom stereocenters. The van der Waals surface area contributed by atoms with E-state index in [1.807, 2.05) is 6.07 Å². The second kappa shape index (κ2) is 4.96. The fraction of sp³-hybridized carbons (Fsp3) is 0.556. The van der Waals surface area contributed by atoms with E-state index in [2.05, 4.69) is 15.5 Å². The van der Waals surface area contributed by atoms with Crippen molar-refractivity contribution in [3.8, 4) is 0 Å². The van der Waals surface area contributed by atoms with Gasteiger partial charge in [-0.05, 0) is 37.6 Å². The Morgan fingerprint density at radius 1 is 1.50 bits per heavy atom. The van der Waals surface area contributed by atoms with Crippen LogP contribution in [0, 0.1) is 5.92 Å². The van der Waals surface area contributed by atoms with E-state index < -0.39 is 0 Å². The minimum absolute atomic E-state index is 0.455. The molecule has 0 aliphatic carbocycles. The van der Waals surface area contributed by atoms with Crippen LogP contribution in [0.3, 0.4) is 0 Å². The van der Waals surface area contributed by atoms with Crippen LogP contribution in [-0.4, -0.2) is 29.0 Å². The monoisotopic (exact) mass is 229 g/mol. The molecule has 0 aromatic carbocycles. The second-order valence-corrected chi connectivity index (χ2v) is 4.79. The quantitative estimate of drug-likeness (QED) is 0.803. The van der Waals surface area contributed by atoms with Gasteiger partial charge in [0.15, 0.2) is 5.15 Å². The summed E-state index contributed by atoms with van der Waals surface area (Å²) in [6, 6.07) is 3.70. The summed E-state index contributed by atoms with van der Waals surface area (Å²) in [5.41, 5.74) is 0. The number of nitrogens with zero attached hydrogens (tertiary/aromatic N) is 2. The summed E-state index contributed by atoms with van der Waals surface area (Å²) >= 11 is 7.40. The molecule has 2 rings (SSSR count). The Hall–Kier alpha value is -0.320. The highest BCUT2D eigenvalue weighted by Gasteiger charge is 2.14. The molecule has 0 saturated carbocycles. The lowest BCUT2D eigenvalue weighted by atomic mass is 10.2. The Bertz CT molecular complexity index is 285. The summed E-state index contributed by atoms with van der Waals surface area (Å²) < 4.78 is 0. The molecule has 1 fully saturated rings. The van der Waals surface area contributed by atoms with Gasteiger partial charge in [-0.1, -0.05) is 11.6 Å². The average molecular weight is 230 g/mol. The Labute approximate surface area is 92.6 Å². The van der Waals surface area contributed by atoms with E-state index in [1.54, 1.807) is 17.8 Å². The molecule has 1 aliphatic heterocycles. The highest BCUT2D eigenvalue weighted by atomic mass is 35.5. The number of thioether (sulfide) groups is 1. The summed E-state index contributed by atoms with van der Waals surface area (Å²) in [4.78, 5) is 0.